The van der Waals surface area contributed by atoms with E-state index in [9.17, 15) is 9.59 Å². The number of H-pyrrole nitrogens is 1. The minimum absolute atomic E-state index is 0.0881. The molecule has 0 atom stereocenters. The molecule has 2 amide bonds. The topological polar surface area (TPSA) is 101 Å². The monoisotopic (exact) mass is 386 g/mol. The van der Waals surface area contributed by atoms with Gasteiger partial charge < -0.3 is 16.0 Å². The molecule has 3 aromatic rings. The molecule has 0 aliphatic rings. The van der Waals surface area contributed by atoms with Gasteiger partial charge in [-0.2, -0.15) is 0 Å². The molecular formula is C18H18N4O2S2. The SMILES string of the molecule is Cc1ccc(CSCC(=O)Nc2nc(-c3c[nH]c(C(N)=O)c3)cs2)cc1. The van der Waals surface area contributed by atoms with Crippen LogP contribution >= 0.6 is 23.1 Å². The second-order valence-corrected chi connectivity index (χ2v) is 7.57. The number of aromatic nitrogens is 2. The standard InChI is InChI=1S/C18H18N4O2S2/c1-11-2-4-12(5-3-11)8-25-10-16(23)22-18-21-15(9-26-18)13-6-14(17(19)24)20-7-13/h2-7,9,20H,8,10H2,1H3,(H2,19,24)(H,21,22,23). The van der Waals surface area contributed by atoms with Crippen molar-refractivity contribution in [2.24, 2.45) is 5.73 Å². The first-order valence-corrected chi connectivity index (χ1v) is 9.92. The Morgan fingerprint density at radius 2 is 2.08 bits per heavy atom. The van der Waals surface area contributed by atoms with Crippen molar-refractivity contribution >= 4 is 40.0 Å². The van der Waals surface area contributed by atoms with Crippen molar-refractivity contribution in [2.45, 2.75) is 12.7 Å². The molecule has 0 saturated carbocycles. The molecule has 0 bridgehead atoms. The van der Waals surface area contributed by atoms with Crippen LogP contribution < -0.4 is 11.1 Å². The van der Waals surface area contributed by atoms with Crippen molar-refractivity contribution < 1.29 is 9.59 Å². The molecule has 0 spiro atoms. The van der Waals surface area contributed by atoms with Gasteiger partial charge in [0.05, 0.1) is 11.4 Å². The third-order valence-corrected chi connectivity index (χ3v) is 5.38. The highest BCUT2D eigenvalue weighted by molar-refractivity contribution is 7.99. The number of primary amides is 1. The van der Waals surface area contributed by atoms with Crippen molar-refractivity contribution in [1.29, 1.82) is 0 Å². The number of thioether (sulfide) groups is 1. The molecule has 0 unspecified atom stereocenters. The molecular weight excluding hydrogens is 368 g/mol. The van der Waals surface area contributed by atoms with Gasteiger partial charge in [-0.3, -0.25) is 9.59 Å². The van der Waals surface area contributed by atoms with E-state index in [1.54, 1.807) is 24.0 Å². The summed E-state index contributed by atoms with van der Waals surface area (Å²) in [6, 6.07) is 9.92. The number of nitrogens with two attached hydrogens (primary N) is 1. The molecule has 0 aliphatic carbocycles. The zero-order chi connectivity index (χ0) is 18.5. The molecule has 2 heterocycles. The van der Waals surface area contributed by atoms with Crippen LogP contribution in [-0.2, 0) is 10.5 Å². The summed E-state index contributed by atoms with van der Waals surface area (Å²) in [7, 11) is 0. The van der Waals surface area contributed by atoms with E-state index in [0.29, 0.717) is 22.3 Å². The Labute approximate surface area is 159 Å². The fourth-order valence-corrected chi connectivity index (χ4v) is 3.77. The van der Waals surface area contributed by atoms with E-state index in [2.05, 4.69) is 46.5 Å². The maximum absolute atomic E-state index is 12.1. The van der Waals surface area contributed by atoms with Crippen molar-refractivity contribution in [2.75, 3.05) is 11.1 Å². The predicted molar refractivity (Wildman–Crippen MR) is 106 cm³/mol. The van der Waals surface area contributed by atoms with Crippen LogP contribution in [-0.4, -0.2) is 27.5 Å². The number of amides is 2. The van der Waals surface area contributed by atoms with Crippen LogP contribution in [0.3, 0.4) is 0 Å². The van der Waals surface area contributed by atoms with Crippen LogP contribution in [0.5, 0.6) is 0 Å². The van der Waals surface area contributed by atoms with E-state index in [0.717, 1.165) is 11.3 Å². The van der Waals surface area contributed by atoms with Crippen LogP contribution in [0.1, 0.15) is 21.6 Å². The molecule has 4 N–H and O–H groups in total. The highest BCUT2D eigenvalue weighted by atomic mass is 32.2. The Morgan fingerprint density at radius 3 is 2.77 bits per heavy atom. The lowest BCUT2D eigenvalue weighted by Crippen LogP contribution is -2.13. The number of hydrogen-bond acceptors (Lipinski definition) is 5. The number of benzene rings is 1. The van der Waals surface area contributed by atoms with E-state index < -0.39 is 5.91 Å². The summed E-state index contributed by atoms with van der Waals surface area (Å²) < 4.78 is 0. The molecule has 0 saturated heterocycles. The van der Waals surface area contributed by atoms with Gasteiger partial charge in [0.1, 0.15) is 5.69 Å². The van der Waals surface area contributed by atoms with Gasteiger partial charge in [-0.05, 0) is 18.6 Å². The maximum Gasteiger partial charge on any atom is 0.265 e. The molecule has 6 nitrogen and oxygen atoms in total. The fourth-order valence-electron chi connectivity index (χ4n) is 2.25. The number of carbonyl (C=O) groups is 2. The van der Waals surface area contributed by atoms with Gasteiger partial charge in [0, 0.05) is 22.9 Å². The van der Waals surface area contributed by atoms with E-state index >= 15 is 0 Å². The summed E-state index contributed by atoms with van der Waals surface area (Å²) in [6.07, 6.45) is 1.66. The van der Waals surface area contributed by atoms with Gasteiger partial charge in [-0.25, -0.2) is 4.98 Å². The predicted octanol–water partition coefficient (Wildman–Crippen LogP) is 3.42. The van der Waals surface area contributed by atoms with Gasteiger partial charge in [-0.1, -0.05) is 29.8 Å². The Balaban J connectivity index is 1.50. The highest BCUT2D eigenvalue weighted by Gasteiger charge is 2.11. The number of thiazole rings is 1. The third-order valence-electron chi connectivity index (χ3n) is 3.62. The second kappa shape index (κ2) is 8.20. The first-order valence-electron chi connectivity index (χ1n) is 7.88. The molecule has 2 aromatic heterocycles. The van der Waals surface area contributed by atoms with Crippen molar-refractivity contribution in [1.82, 2.24) is 9.97 Å². The van der Waals surface area contributed by atoms with Crippen LogP contribution in [0.4, 0.5) is 5.13 Å². The van der Waals surface area contributed by atoms with Gasteiger partial charge in [-0.15, -0.1) is 23.1 Å². The minimum atomic E-state index is -0.523. The summed E-state index contributed by atoms with van der Waals surface area (Å²) in [5, 5.41) is 5.16. The summed E-state index contributed by atoms with van der Waals surface area (Å²) in [4.78, 5) is 30.4. The zero-order valence-corrected chi connectivity index (χ0v) is 15.7. The normalized spacial score (nSPS) is 10.7. The van der Waals surface area contributed by atoms with Crippen LogP contribution in [0.15, 0.2) is 41.9 Å². The van der Waals surface area contributed by atoms with Crippen molar-refractivity contribution in [3.05, 3.63) is 58.7 Å². The largest absolute Gasteiger partial charge is 0.364 e. The summed E-state index contributed by atoms with van der Waals surface area (Å²) in [6.45, 7) is 2.05. The number of aryl methyl sites for hydroxylation is 1. The molecule has 0 fully saturated rings. The van der Waals surface area contributed by atoms with E-state index in [1.807, 2.05) is 5.38 Å². The molecule has 0 aliphatic heterocycles. The number of nitrogens with zero attached hydrogens (tertiary/aromatic N) is 1. The average Bonchev–Trinajstić information content (AvgIpc) is 3.26. The Hall–Kier alpha value is -2.58. The minimum Gasteiger partial charge on any atom is -0.364 e. The summed E-state index contributed by atoms with van der Waals surface area (Å²) in [5.41, 5.74) is 9.41. The average molecular weight is 387 g/mol. The molecule has 8 heteroatoms. The molecule has 1 aromatic carbocycles. The van der Waals surface area contributed by atoms with E-state index in [1.165, 1.54) is 22.5 Å². The quantitative estimate of drug-likeness (QED) is 0.579. The lowest BCUT2D eigenvalue weighted by molar-refractivity contribution is -0.113. The molecule has 3 rings (SSSR count). The van der Waals surface area contributed by atoms with Gasteiger partial charge in [0.15, 0.2) is 5.13 Å². The van der Waals surface area contributed by atoms with Crippen LogP contribution in [0.25, 0.3) is 11.3 Å². The third kappa shape index (κ3) is 4.74. The highest BCUT2D eigenvalue weighted by Crippen LogP contribution is 2.25. The Bertz CT molecular complexity index is 915. The summed E-state index contributed by atoms with van der Waals surface area (Å²) >= 11 is 2.90. The lowest BCUT2D eigenvalue weighted by Gasteiger charge is -2.03. The zero-order valence-electron chi connectivity index (χ0n) is 14.1. The smallest absolute Gasteiger partial charge is 0.265 e. The molecule has 0 radical (unpaired) electrons. The van der Waals surface area contributed by atoms with Gasteiger partial charge in [0.25, 0.3) is 5.91 Å². The van der Waals surface area contributed by atoms with Crippen molar-refractivity contribution in [3.8, 4) is 11.3 Å². The number of aromatic amines is 1. The lowest BCUT2D eigenvalue weighted by atomic mass is 10.2. The number of rotatable bonds is 7. The number of nitrogens with one attached hydrogen (secondary N) is 2. The Morgan fingerprint density at radius 1 is 1.31 bits per heavy atom. The number of carbonyl (C=O) groups excluding carboxylic acids is 2. The maximum atomic E-state index is 12.1. The number of hydrogen-bond donors (Lipinski definition) is 3. The van der Waals surface area contributed by atoms with E-state index in [-0.39, 0.29) is 5.91 Å². The number of anilines is 1. The summed E-state index contributed by atoms with van der Waals surface area (Å²) in [5.74, 6) is 0.537. The molecule has 134 valence electrons. The van der Waals surface area contributed by atoms with Gasteiger partial charge >= 0.3 is 0 Å². The van der Waals surface area contributed by atoms with Crippen molar-refractivity contribution in [3.63, 3.8) is 0 Å². The first kappa shape index (κ1) is 18.2. The van der Waals surface area contributed by atoms with Gasteiger partial charge in [0.2, 0.25) is 5.91 Å². The second-order valence-electron chi connectivity index (χ2n) is 5.73. The molecule has 26 heavy (non-hydrogen) atoms. The fraction of sp³-hybridized carbons (Fsp3) is 0.167. The van der Waals surface area contributed by atoms with E-state index in [4.69, 9.17) is 5.73 Å². The first-order chi connectivity index (χ1) is 12.5. The Kier molecular flexibility index (Phi) is 5.75. The van der Waals surface area contributed by atoms with Crippen LogP contribution in [0, 0.1) is 6.92 Å². The van der Waals surface area contributed by atoms with Crippen LogP contribution in [0.2, 0.25) is 0 Å².